The minimum absolute atomic E-state index is 0. The van der Waals surface area contributed by atoms with E-state index in [0.717, 1.165) is 18.8 Å². The summed E-state index contributed by atoms with van der Waals surface area (Å²) >= 11 is 0. The van der Waals surface area contributed by atoms with Crippen LogP contribution >= 0.6 is 24.0 Å². The number of ether oxygens (including phenoxy) is 1. The van der Waals surface area contributed by atoms with Gasteiger partial charge in [0.1, 0.15) is 24.3 Å². The lowest BCUT2D eigenvalue weighted by Crippen LogP contribution is -2.44. The van der Waals surface area contributed by atoms with E-state index in [4.69, 9.17) is 4.74 Å². The first-order valence-electron chi connectivity index (χ1n) is 9.09. The lowest BCUT2D eigenvalue weighted by molar-refractivity contribution is 0.0253. The summed E-state index contributed by atoms with van der Waals surface area (Å²) < 4.78 is 7.16. The highest BCUT2D eigenvalue weighted by Crippen LogP contribution is 2.10. The van der Waals surface area contributed by atoms with Crippen LogP contribution in [0.5, 0.6) is 0 Å². The van der Waals surface area contributed by atoms with Gasteiger partial charge < -0.3 is 20.3 Å². The SMILES string of the molecule is CCCN(CCNC(=NCc1ncnn1C)NCC)C(=O)OC(C)(C)C.I. The van der Waals surface area contributed by atoms with Crippen molar-refractivity contribution in [2.45, 2.75) is 53.2 Å². The Labute approximate surface area is 179 Å². The highest BCUT2D eigenvalue weighted by Gasteiger charge is 2.21. The predicted molar refractivity (Wildman–Crippen MR) is 117 cm³/mol. The maximum atomic E-state index is 12.3. The zero-order valence-corrected chi connectivity index (χ0v) is 19.6. The quantitative estimate of drug-likeness (QED) is 0.326. The normalized spacial score (nSPS) is 11.6. The Hall–Kier alpha value is -1.59. The Morgan fingerprint density at radius 1 is 1.30 bits per heavy atom. The van der Waals surface area contributed by atoms with Gasteiger partial charge in [-0.1, -0.05) is 6.92 Å². The van der Waals surface area contributed by atoms with E-state index in [0.29, 0.717) is 32.1 Å². The number of nitrogens with zero attached hydrogens (tertiary/aromatic N) is 5. The minimum atomic E-state index is -0.497. The van der Waals surface area contributed by atoms with Crippen LogP contribution in [0.25, 0.3) is 0 Å². The standard InChI is InChI=1S/C17H33N7O2.HI/c1-7-10-24(16(25)26-17(3,4)5)11-9-19-15(18-8-2)20-12-14-21-13-22-23(14)6;/h13H,7-12H2,1-6H3,(H2,18,19,20);1H. The summed E-state index contributed by atoms with van der Waals surface area (Å²) in [6.07, 6.45) is 2.09. The van der Waals surface area contributed by atoms with E-state index in [1.807, 2.05) is 41.7 Å². The number of guanidine groups is 1. The van der Waals surface area contributed by atoms with Crippen LogP contribution in [0.1, 0.15) is 46.9 Å². The van der Waals surface area contributed by atoms with Gasteiger partial charge in [0.05, 0.1) is 0 Å². The van der Waals surface area contributed by atoms with Crippen LogP contribution in [-0.2, 0) is 18.3 Å². The zero-order chi connectivity index (χ0) is 19.6. The molecule has 27 heavy (non-hydrogen) atoms. The van der Waals surface area contributed by atoms with Crippen LogP contribution in [0.4, 0.5) is 4.79 Å². The minimum Gasteiger partial charge on any atom is -0.444 e. The molecular weight excluding hydrogens is 461 g/mol. The molecule has 0 saturated heterocycles. The largest absolute Gasteiger partial charge is 0.444 e. The molecule has 0 saturated carbocycles. The number of halogens is 1. The molecular formula is C17H34IN7O2. The lowest BCUT2D eigenvalue weighted by Gasteiger charge is -2.27. The summed E-state index contributed by atoms with van der Waals surface area (Å²) in [6, 6.07) is 0. The van der Waals surface area contributed by atoms with Crippen molar-refractivity contribution in [3.63, 3.8) is 0 Å². The van der Waals surface area contributed by atoms with Gasteiger partial charge in [0.25, 0.3) is 0 Å². The van der Waals surface area contributed by atoms with E-state index in [2.05, 4.69) is 25.7 Å². The van der Waals surface area contributed by atoms with Crippen LogP contribution in [0.2, 0.25) is 0 Å². The number of carbonyl (C=O) groups is 1. The molecule has 156 valence electrons. The number of amides is 1. The van der Waals surface area contributed by atoms with E-state index < -0.39 is 5.60 Å². The fraction of sp³-hybridized carbons (Fsp3) is 0.765. The van der Waals surface area contributed by atoms with E-state index in [1.54, 1.807) is 9.58 Å². The molecule has 0 spiro atoms. The van der Waals surface area contributed by atoms with Gasteiger partial charge in [-0.2, -0.15) is 5.10 Å². The second kappa shape index (κ2) is 12.7. The third-order valence-electron chi connectivity index (χ3n) is 3.35. The van der Waals surface area contributed by atoms with Gasteiger partial charge in [0.15, 0.2) is 5.96 Å². The van der Waals surface area contributed by atoms with Crippen LogP contribution in [-0.4, -0.2) is 63.5 Å². The molecule has 0 aliphatic heterocycles. The average molecular weight is 495 g/mol. The summed E-state index contributed by atoms with van der Waals surface area (Å²) in [4.78, 5) is 22.7. The number of hydrogen-bond donors (Lipinski definition) is 2. The second-order valence-electron chi connectivity index (χ2n) is 6.89. The van der Waals surface area contributed by atoms with Crippen LogP contribution in [0, 0.1) is 0 Å². The van der Waals surface area contributed by atoms with Crippen molar-refractivity contribution in [1.29, 1.82) is 0 Å². The molecule has 1 rings (SSSR count). The Bertz CT molecular complexity index is 584. The van der Waals surface area contributed by atoms with Crippen LogP contribution < -0.4 is 10.6 Å². The van der Waals surface area contributed by atoms with Gasteiger partial charge in [-0.25, -0.2) is 14.8 Å². The molecule has 0 aliphatic carbocycles. The van der Waals surface area contributed by atoms with Crippen LogP contribution in [0.3, 0.4) is 0 Å². The van der Waals surface area contributed by atoms with Crippen molar-refractivity contribution in [2.75, 3.05) is 26.2 Å². The van der Waals surface area contributed by atoms with Gasteiger partial charge in [-0.15, -0.1) is 24.0 Å². The average Bonchev–Trinajstić information content (AvgIpc) is 2.95. The molecule has 0 radical (unpaired) electrons. The summed E-state index contributed by atoms with van der Waals surface area (Å²) in [6.45, 7) is 12.6. The molecule has 0 fully saturated rings. The molecule has 9 nitrogen and oxygen atoms in total. The summed E-state index contributed by atoms with van der Waals surface area (Å²) in [5.41, 5.74) is -0.497. The summed E-state index contributed by atoms with van der Waals surface area (Å²) in [5, 5.41) is 10.5. The van der Waals surface area contributed by atoms with Gasteiger partial charge in [0, 0.05) is 33.2 Å². The first kappa shape index (κ1) is 25.4. The fourth-order valence-electron chi connectivity index (χ4n) is 2.15. The molecule has 1 amide bonds. The number of aryl methyl sites for hydroxylation is 1. The van der Waals surface area contributed by atoms with Gasteiger partial charge in [-0.05, 0) is 34.1 Å². The first-order chi connectivity index (χ1) is 12.3. The molecule has 0 aliphatic rings. The molecule has 0 atom stereocenters. The number of nitrogens with one attached hydrogen (secondary N) is 2. The third kappa shape index (κ3) is 10.4. The Kier molecular flexibility index (Phi) is 12.0. The summed E-state index contributed by atoms with van der Waals surface area (Å²) in [7, 11) is 1.83. The molecule has 1 heterocycles. The zero-order valence-electron chi connectivity index (χ0n) is 17.3. The fourth-order valence-corrected chi connectivity index (χ4v) is 2.15. The van der Waals surface area contributed by atoms with E-state index in [-0.39, 0.29) is 30.1 Å². The number of rotatable bonds is 8. The number of carbonyl (C=O) groups excluding carboxylic acids is 1. The highest BCUT2D eigenvalue weighted by atomic mass is 127. The molecule has 0 aromatic carbocycles. The molecule has 0 bridgehead atoms. The Morgan fingerprint density at radius 3 is 2.52 bits per heavy atom. The number of hydrogen-bond acceptors (Lipinski definition) is 5. The predicted octanol–water partition coefficient (Wildman–Crippen LogP) is 2.14. The van der Waals surface area contributed by atoms with E-state index in [1.165, 1.54) is 6.33 Å². The van der Waals surface area contributed by atoms with Gasteiger partial charge >= 0.3 is 6.09 Å². The van der Waals surface area contributed by atoms with E-state index >= 15 is 0 Å². The summed E-state index contributed by atoms with van der Waals surface area (Å²) in [5.74, 6) is 1.46. The number of aromatic nitrogens is 3. The third-order valence-corrected chi connectivity index (χ3v) is 3.35. The monoisotopic (exact) mass is 495 g/mol. The highest BCUT2D eigenvalue weighted by molar-refractivity contribution is 14.0. The molecule has 1 aromatic heterocycles. The van der Waals surface area contributed by atoms with Crippen molar-refractivity contribution < 1.29 is 9.53 Å². The molecule has 1 aromatic rings. The van der Waals surface area contributed by atoms with Gasteiger partial charge in [-0.3, -0.25) is 4.68 Å². The maximum absolute atomic E-state index is 12.3. The smallest absolute Gasteiger partial charge is 0.410 e. The molecule has 10 heteroatoms. The van der Waals surface area contributed by atoms with Crippen molar-refractivity contribution in [3.05, 3.63) is 12.2 Å². The topological polar surface area (TPSA) is 96.7 Å². The number of aliphatic imine (C=N–C) groups is 1. The molecule has 2 N–H and O–H groups in total. The maximum Gasteiger partial charge on any atom is 0.410 e. The van der Waals surface area contributed by atoms with Gasteiger partial charge in [0.2, 0.25) is 0 Å². The molecule has 0 unspecified atom stereocenters. The van der Waals surface area contributed by atoms with Crippen LogP contribution in [0.15, 0.2) is 11.3 Å². The second-order valence-corrected chi connectivity index (χ2v) is 6.89. The lowest BCUT2D eigenvalue weighted by atomic mass is 10.2. The van der Waals surface area contributed by atoms with Crippen molar-refractivity contribution in [2.24, 2.45) is 12.0 Å². The Balaban J connectivity index is 0.00000676. The Morgan fingerprint density at radius 2 is 2.00 bits per heavy atom. The first-order valence-corrected chi connectivity index (χ1v) is 9.09. The van der Waals surface area contributed by atoms with E-state index in [9.17, 15) is 4.79 Å². The van der Waals surface area contributed by atoms with Crippen molar-refractivity contribution in [1.82, 2.24) is 30.3 Å². The van der Waals surface area contributed by atoms with Crippen molar-refractivity contribution in [3.8, 4) is 0 Å². The van der Waals surface area contributed by atoms with Crippen molar-refractivity contribution >= 4 is 36.0 Å².